The van der Waals surface area contributed by atoms with Crippen LogP contribution in [0.4, 0.5) is 13.2 Å². The number of ether oxygens (including phenoxy) is 1. The first kappa shape index (κ1) is 16.0. The summed E-state index contributed by atoms with van der Waals surface area (Å²) in [5, 5.41) is 3.26. The summed E-state index contributed by atoms with van der Waals surface area (Å²) in [5.41, 5.74) is -0.585. The number of carbonyl (C=O) groups excluding carboxylic acids is 1. The smallest absolute Gasteiger partial charge is 0.379 e. The van der Waals surface area contributed by atoms with E-state index >= 15 is 0 Å². The molecule has 0 radical (unpaired) electrons. The Hall–Kier alpha value is -1.08. The van der Waals surface area contributed by atoms with Crippen molar-refractivity contribution >= 4 is 21.8 Å². The molecule has 0 saturated heterocycles. The first-order valence-electron chi connectivity index (χ1n) is 5.54. The predicted molar refractivity (Wildman–Crippen MR) is 68.4 cm³/mol. The molecule has 0 spiro atoms. The Bertz CT molecular complexity index is 406. The fraction of sp³-hybridized carbons (Fsp3) is 0.417. The Balaban J connectivity index is 2.45. The van der Waals surface area contributed by atoms with Gasteiger partial charge in [0.05, 0.1) is 18.8 Å². The molecule has 0 aliphatic carbocycles. The molecule has 7 heteroatoms. The van der Waals surface area contributed by atoms with E-state index in [-0.39, 0.29) is 5.56 Å². The van der Waals surface area contributed by atoms with Crippen molar-refractivity contribution in [2.24, 2.45) is 0 Å². The number of carbonyl (C=O) groups is 1. The molecule has 0 aliphatic rings. The van der Waals surface area contributed by atoms with Gasteiger partial charge < -0.3 is 10.1 Å². The van der Waals surface area contributed by atoms with Gasteiger partial charge in [-0.2, -0.15) is 13.2 Å². The van der Waals surface area contributed by atoms with E-state index in [0.717, 1.165) is 24.3 Å². The molecule has 19 heavy (non-hydrogen) atoms. The highest BCUT2D eigenvalue weighted by Crippen LogP contribution is 2.28. The second-order valence-electron chi connectivity index (χ2n) is 3.63. The molecule has 1 aromatic rings. The van der Waals surface area contributed by atoms with Crippen molar-refractivity contribution in [1.29, 1.82) is 0 Å². The Kier molecular flexibility index (Phi) is 6.30. The lowest BCUT2D eigenvalue weighted by Gasteiger charge is -2.08. The van der Waals surface area contributed by atoms with Crippen LogP contribution < -0.4 is 5.32 Å². The third-order valence-corrected chi connectivity index (χ3v) is 2.55. The van der Waals surface area contributed by atoms with E-state index < -0.39 is 17.6 Å². The number of hydrogen-bond donors (Lipinski definition) is 1. The van der Waals surface area contributed by atoms with Crippen molar-refractivity contribution in [3.05, 3.63) is 35.4 Å². The first-order valence-corrected chi connectivity index (χ1v) is 6.66. The maximum atomic E-state index is 12.3. The SMILES string of the molecule is O=C(NCCOCCBr)c1ccc(C(F)(F)F)cc1. The average molecular weight is 340 g/mol. The fourth-order valence-electron chi connectivity index (χ4n) is 1.31. The fourth-order valence-corrected chi connectivity index (χ4v) is 1.53. The minimum absolute atomic E-state index is 0.188. The van der Waals surface area contributed by atoms with Crippen LogP contribution in [0.5, 0.6) is 0 Å². The maximum Gasteiger partial charge on any atom is 0.416 e. The number of nitrogens with one attached hydrogen (secondary N) is 1. The molecule has 1 rings (SSSR count). The Morgan fingerprint density at radius 3 is 2.37 bits per heavy atom. The van der Waals surface area contributed by atoms with E-state index in [1.807, 2.05) is 0 Å². The molecule has 3 nitrogen and oxygen atoms in total. The molecule has 1 aromatic carbocycles. The zero-order chi connectivity index (χ0) is 14.3. The van der Waals surface area contributed by atoms with E-state index in [9.17, 15) is 18.0 Å². The lowest BCUT2D eigenvalue weighted by Crippen LogP contribution is -2.27. The van der Waals surface area contributed by atoms with Crippen LogP contribution in [0.1, 0.15) is 15.9 Å². The van der Waals surface area contributed by atoms with Gasteiger partial charge >= 0.3 is 6.18 Å². The Morgan fingerprint density at radius 1 is 1.21 bits per heavy atom. The van der Waals surface area contributed by atoms with Gasteiger partial charge in [0.1, 0.15) is 0 Å². The molecule has 0 bridgehead atoms. The molecule has 0 aliphatic heterocycles. The van der Waals surface area contributed by atoms with Crippen LogP contribution in [-0.2, 0) is 10.9 Å². The highest BCUT2D eigenvalue weighted by Gasteiger charge is 2.30. The van der Waals surface area contributed by atoms with E-state index in [1.165, 1.54) is 0 Å². The van der Waals surface area contributed by atoms with Crippen molar-refractivity contribution in [3.63, 3.8) is 0 Å². The monoisotopic (exact) mass is 339 g/mol. The molecule has 0 aromatic heterocycles. The second kappa shape index (κ2) is 7.49. The zero-order valence-electron chi connectivity index (χ0n) is 9.97. The summed E-state index contributed by atoms with van der Waals surface area (Å²) in [5.74, 6) is -0.420. The summed E-state index contributed by atoms with van der Waals surface area (Å²) >= 11 is 3.19. The minimum Gasteiger partial charge on any atom is -0.379 e. The van der Waals surface area contributed by atoms with Gasteiger partial charge in [-0.3, -0.25) is 4.79 Å². The van der Waals surface area contributed by atoms with Gasteiger partial charge in [-0.1, -0.05) is 15.9 Å². The zero-order valence-corrected chi connectivity index (χ0v) is 11.6. The van der Waals surface area contributed by atoms with Gasteiger partial charge in [-0.15, -0.1) is 0 Å². The van der Waals surface area contributed by atoms with Crippen molar-refractivity contribution in [3.8, 4) is 0 Å². The molecule has 0 unspecified atom stereocenters. The summed E-state index contributed by atoms with van der Waals surface area (Å²) in [6, 6.07) is 4.07. The highest BCUT2D eigenvalue weighted by molar-refractivity contribution is 9.09. The van der Waals surface area contributed by atoms with Gasteiger partial charge in [-0.25, -0.2) is 0 Å². The number of amides is 1. The van der Waals surface area contributed by atoms with E-state index in [0.29, 0.717) is 25.1 Å². The van der Waals surface area contributed by atoms with Crippen molar-refractivity contribution < 1.29 is 22.7 Å². The topological polar surface area (TPSA) is 38.3 Å². The molecule has 1 N–H and O–H groups in total. The van der Waals surface area contributed by atoms with E-state index in [4.69, 9.17) is 4.74 Å². The van der Waals surface area contributed by atoms with Gasteiger partial charge in [0.15, 0.2) is 0 Å². The lowest BCUT2D eigenvalue weighted by molar-refractivity contribution is -0.137. The van der Waals surface area contributed by atoms with Crippen LogP contribution in [0.25, 0.3) is 0 Å². The van der Waals surface area contributed by atoms with Crippen LogP contribution in [0.3, 0.4) is 0 Å². The summed E-state index contributed by atoms with van der Waals surface area (Å²) in [6.07, 6.45) is -4.39. The predicted octanol–water partition coefficient (Wildman–Crippen LogP) is 2.85. The number of hydrogen-bond acceptors (Lipinski definition) is 2. The van der Waals surface area contributed by atoms with Crippen LogP contribution in [0.2, 0.25) is 0 Å². The van der Waals surface area contributed by atoms with Crippen LogP contribution in [-0.4, -0.2) is 31.0 Å². The van der Waals surface area contributed by atoms with Crippen LogP contribution in [0.15, 0.2) is 24.3 Å². The number of halogens is 4. The summed E-state index contributed by atoms with van der Waals surface area (Å²) in [7, 11) is 0. The van der Waals surface area contributed by atoms with E-state index in [2.05, 4.69) is 21.2 Å². The normalized spacial score (nSPS) is 11.4. The molecular weight excluding hydrogens is 327 g/mol. The molecule has 1 amide bonds. The largest absolute Gasteiger partial charge is 0.416 e. The third-order valence-electron chi connectivity index (χ3n) is 2.23. The van der Waals surface area contributed by atoms with Crippen molar-refractivity contribution in [2.45, 2.75) is 6.18 Å². The average Bonchev–Trinajstić information content (AvgIpc) is 2.37. The van der Waals surface area contributed by atoms with Gasteiger partial charge in [0, 0.05) is 17.4 Å². The second-order valence-corrected chi connectivity index (χ2v) is 4.43. The Morgan fingerprint density at radius 2 is 1.84 bits per heavy atom. The third kappa shape index (κ3) is 5.61. The van der Waals surface area contributed by atoms with Gasteiger partial charge in [-0.05, 0) is 24.3 Å². The summed E-state index contributed by atoms with van der Waals surface area (Å²) in [6.45, 7) is 1.21. The first-order chi connectivity index (χ1) is 8.95. The number of alkyl halides is 4. The molecule has 0 fully saturated rings. The van der Waals surface area contributed by atoms with Crippen LogP contribution in [0, 0.1) is 0 Å². The quantitative estimate of drug-likeness (QED) is 0.639. The molecule has 0 atom stereocenters. The van der Waals surface area contributed by atoms with Crippen LogP contribution >= 0.6 is 15.9 Å². The molecule has 0 heterocycles. The molecule has 0 saturated carbocycles. The van der Waals surface area contributed by atoms with E-state index in [1.54, 1.807) is 0 Å². The summed E-state index contributed by atoms with van der Waals surface area (Å²) < 4.78 is 42.1. The number of rotatable bonds is 6. The maximum absolute atomic E-state index is 12.3. The lowest BCUT2D eigenvalue weighted by atomic mass is 10.1. The van der Waals surface area contributed by atoms with Gasteiger partial charge in [0.2, 0.25) is 0 Å². The standard InChI is InChI=1S/C12H13BrF3NO2/c13-5-7-19-8-6-17-11(18)9-1-3-10(4-2-9)12(14,15)16/h1-4H,5-8H2,(H,17,18). The highest BCUT2D eigenvalue weighted by atomic mass is 79.9. The minimum atomic E-state index is -4.39. The van der Waals surface area contributed by atoms with Crippen molar-refractivity contribution in [2.75, 3.05) is 25.1 Å². The molecular formula is C12H13BrF3NO2. The Labute approximate surface area is 117 Å². The van der Waals surface area contributed by atoms with Gasteiger partial charge in [0.25, 0.3) is 5.91 Å². The molecule has 106 valence electrons. The number of benzene rings is 1. The van der Waals surface area contributed by atoms with Crippen molar-refractivity contribution in [1.82, 2.24) is 5.32 Å². The summed E-state index contributed by atoms with van der Waals surface area (Å²) in [4.78, 5) is 11.6.